The summed E-state index contributed by atoms with van der Waals surface area (Å²) in [7, 11) is 0. The van der Waals surface area contributed by atoms with Crippen molar-refractivity contribution in [3.63, 3.8) is 0 Å². The van der Waals surface area contributed by atoms with Crippen LogP contribution in [-0.4, -0.2) is 50.2 Å². The highest BCUT2D eigenvalue weighted by atomic mass is 16.5. The molecule has 2 aromatic carbocycles. The van der Waals surface area contributed by atoms with E-state index in [9.17, 15) is 4.79 Å². The number of nitrogens with two attached hydrogens (primary N) is 1. The van der Waals surface area contributed by atoms with E-state index in [1.54, 1.807) is 0 Å². The fraction of sp³-hybridized carbons (Fsp3) is 0.167. The van der Waals surface area contributed by atoms with Gasteiger partial charge in [0, 0.05) is 18.5 Å². The Morgan fingerprint density at radius 3 is 2.61 bits per heavy atom. The molecule has 3 aromatic rings. The van der Waals surface area contributed by atoms with Crippen LogP contribution in [0.25, 0.3) is 0 Å². The normalized spacial score (nSPS) is 17.2. The van der Waals surface area contributed by atoms with Crippen LogP contribution in [0, 0.1) is 0 Å². The fourth-order valence-corrected chi connectivity index (χ4v) is 4.20. The number of carbonyl (C=O) groups is 1. The molecule has 1 aromatic heterocycles. The van der Waals surface area contributed by atoms with Crippen molar-refractivity contribution in [3.8, 4) is 11.5 Å². The SMILES string of the molecule is C=CC(=O)N1CCC([N+]2=C(c3ccc(Oc4ccccc4)cc3)c3c(N)ncnc32)C1. The molecule has 1 fully saturated rings. The zero-order valence-electron chi connectivity index (χ0n) is 16.9. The molecule has 2 aliphatic heterocycles. The van der Waals surface area contributed by atoms with Crippen molar-refractivity contribution in [1.29, 1.82) is 0 Å². The third-order valence-electron chi connectivity index (χ3n) is 5.68. The zero-order chi connectivity index (χ0) is 21.4. The molecule has 1 atom stereocenters. The van der Waals surface area contributed by atoms with Gasteiger partial charge in [0.05, 0.1) is 6.54 Å². The number of anilines is 1. The second-order valence-corrected chi connectivity index (χ2v) is 7.55. The number of likely N-dealkylation sites (tertiary alicyclic amines) is 1. The number of fused-ring (bicyclic) bond motifs is 1. The fourth-order valence-electron chi connectivity index (χ4n) is 4.20. The maximum Gasteiger partial charge on any atom is 0.341 e. The third-order valence-corrected chi connectivity index (χ3v) is 5.68. The molecule has 0 aliphatic carbocycles. The topological polar surface area (TPSA) is 84.3 Å². The molecule has 1 amide bonds. The molecule has 2 N–H and O–H groups in total. The number of hydrogen-bond acceptors (Lipinski definition) is 5. The summed E-state index contributed by atoms with van der Waals surface area (Å²) in [5.74, 6) is 2.76. The molecule has 7 heteroatoms. The van der Waals surface area contributed by atoms with E-state index in [0.29, 0.717) is 18.9 Å². The summed E-state index contributed by atoms with van der Waals surface area (Å²) < 4.78 is 8.09. The number of rotatable bonds is 5. The number of benzene rings is 2. The molecule has 2 aliphatic rings. The van der Waals surface area contributed by atoms with Crippen LogP contribution < -0.4 is 10.5 Å². The quantitative estimate of drug-likeness (QED) is 0.514. The van der Waals surface area contributed by atoms with Gasteiger partial charge in [-0.3, -0.25) is 4.79 Å². The lowest BCUT2D eigenvalue weighted by molar-refractivity contribution is -0.494. The summed E-state index contributed by atoms with van der Waals surface area (Å²) in [6, 6.07) is 17.7. The first-order valence-corrected chi connectivity index (χ1v) is 10.2. The van der Waals surface area contributed by atoms with Crippen LogP contribution in [0.2, 0.25) is 0 Å². The standard InChI is InChI=1S/C24H21N5O2/c1-2-20(30)28-13-12-17(14-28)29-22(21-23(25)26-15-27-24(21)29)16-8-10-19(11-9-16)31-18-6-4-3-5-7-18/h2-11,15,17,25H,1,12-14H2/p+1. The van der Waals surface area contributed by atoms with Crippen molar-refractivity contribution < 1.29 is 14.1 Å². The Morgan fingerprint density at radius 2 is 1.87 bits per heavy atom. The first kappa shape index (κ1) is 19.0. The molecule has 154 valence electrons. The molecule has 0 bridgehead atoms. The molecule has 3 heterocycles. The highest BCUT2D eigenvalue weighted by Crippen LogP contribution is 2.37. The third kappa shape index (κ3) is 3.34. The molecule has 5 rings (SSSR count). The molecule has 1 saturated heterocycles. The van der Waals surface area contributed by atoms with Gasteiger partial charge in [-0.15, -0.1) is 0 Å². The number of amides is 1. The van der Waals surface area contributed by atoms with Crippen molar-refractivity contribution in [3.05, 3.63) is 84.7 Å². The number of ether oxygens (including phenoxy) is 1. The van der Waals surface area contributed by atoms with Crippen LogP contribution in [0.5, 0.6) is 11.5 Å². The average Bonchev–Trinajstić information content (AvgIpc) is 3.25. The number of nitrogen functional groups attached to an aromatic ring is 1. The molecule has 0 saturated carbocycles. The van der Waals surface area contributed by atoms with E-state index in [1.807, 2.05) is 59.5 Å². The number of nitrogens with zero attached hydrogens (tertiary/aromatic N) is 4. The van der Waals surface area contributed by atoms with Gasteiger partial charge in [-0.2, -0.15) is 4.98 Å². The van der Waals surface area contributed by atoms with Gasteiger partial charge in [0.15, 0.2) is 11.3 Å². The zero-order valence-corrected chi connectivity index (χ0v) is 16.9. The van der Waals surface area contributed by atoms with Crippen LogP contribution in [0.4, 0.5) is 11.6 Å². The Morgan fingerprint density at radius 1 is 1.13 bits per heavy atom. The Kier molecular flexibility index (Phi) is 4.71. The van der Waals surface area contributed by atoms with Crippen LogP contribution in [-0.2, 0) is 4.79 Å². The highest BCUT2D eigenvalue weighted by Gasteiger charge is 2.45. The van der Waals surface area contributed by atoms with E-state index in [-0.39, 0.29) is 11.9 Å². The summed E-state index contributed by atoms with van der Waals surface area (Å²) in [6.07, 6.45) is 3.70. The lowest BCUT2D eigenvalue weighted by Crippen LogP contribution is -2.41. The molecule has 0 spiro atoms. The minimum absolute atomic E-state index is 0.0468. The minimum Gasteiger partial charge on any atom is -0.457 e. The van der Waals surface area contributed by atoms with Gasteiger partial charge < -0.3 is 15.4 Å². The van der Waals surface area contributed by atoms with E-state index in [4.69, 9.17) is 10.5 Å². The van der Waals surface area contributed by atoms with Crippen LogP contribution >= 0.6 is 0 Å². The lowest BCUT2D eigenvalue weighted by Gasteiger charge is -2.26. The molecule has 31 heavy (non-hydrogen) atoms. The predicted molar refractivity (Wildman–Crippen MR) is 118 cm³/mol. The van der Waals surface area contributed by atoms with E-state index in [2.05, 4.69) is 21.1 Å². The number of aromatic nitrogens is 2. The predicted octanol–water partition coefficient (Wildman–Crippen LogP) is 3.13. The number of hydrogen-bond donors (Lipinski definition) is 1. The van der Waals surface area contributed by atoms with E-state index in [0.717, 1.165) is 40.6 Å². The summed E-state index contributed by atoms with van der Waals surface area (Å²) in [4.78, 5) is 22.5. The summed E-state index contributed by atoms with van der Waals surface area (Å²) in [5.41, 5.74) is 9.03. The smallest absolute Gasteiger partial charge is 0.341 e. The average molecular weight is 412 g/mol. The van der Waals surface area contributed by atoms with Gasteiger partial charge in [-0.25, -0.2) is 4.58 Å². The lowest BCUT2D eigenvalue weighted by atomic mass is 9.95. The van der Waals surface area contributed by atoms with Gasteiger partial charge in [0.1, 0.15) is 23.4 Å². The van der Waals surface area contributed by atoms with Gasteiger partial charge in [0.25, 0.3) is 0 Å². The summed E-state index contributed by atoms with van der Waals surface area (Å²) >= 11 is 0. The summed E-state index contributed by atoms with van der Waals surface area (Å²) in [5, 5.41) is 0. The van der Waals surface area contributed by atoms with Gasteiger partial charge in [-0.1, -0.05) is 24.8 Å². The Hall–Kier alpha value is -4.00. The molecular formula is C24H22N5O2+. The highest BCUT2D eigenvalue weighted by molar-refractivity contribution is 6.18. The van der Waals surface area contributed by atoms with Crippen molar-refractivity contribution >= 4 is 23.3 Å². The second-order valence-electron chi connectivity index (χ2n) is 7.55. The molecule has 1 unspecified atom stereocenters. The molecule has 0 radical (unpaired) electrons. The summed E-state index contributed by atoms with van der Waals surface area (Å²) in [6.45, 7) is 4.91. The van der Waals surface area contributed by atoms with Crippen molar-refractivity contribution in [2.45, 2.75) is 12.5 Å². The first-order chi connectivity index (χ1) is 15.2. The minimum atomic E-state index is -0.0468. The van der Waals surface area contributed by atoms with E-state index in [1.165, 1.54) is 12.4 Å². The Bertz CT molecular complexity index is 1190. The van der Waals surface area contributed by atoms with Crippen molar-refractivity contribution in [2.75, 3.05) is 18.8 Å². The van der Waals surface area contributed by atoms with Crippen LogP contribution in [0.3, 0.4) is 0 Å². The number of para-hydroxylation sites is 1. The first-order valence-electron chi connectivity index (χ1n) is 10.2. The second kappa shape index (κ2) is 7.68. The van der Waals surface area contributed by atoms with Crippen molar-refractivity contribution in [2.24, 2.45) is 0 Å². The monoisotopic (exact) mass is 412 g/mol. The van der Waals surface area contributed by atoms with Crippen LogP contribution in [0.15, 0.2) is 73.6 Å². The van der Waals surface area contributed by atoms with Gasteiger partial charge >= 0.3 is 5.82 Å². The van der Waals surface area contributed by atoms with Gasteiger partial charge in [-0.05, 0) is 47.5 Å². The number of carbonyl (C=O) groups excluding carboxylic acids is 1. The van der Waals surface area contributed by atoms with Crippen LogP contribution in [0.1, 0.15) is 17.5 Å². The molecule has 7 nitrogen and oxygen atoms in total. The maximum atomic E-state index is 12.1. The maximum absolute atomic E-state index is 12.1. The largest absolute Gasteiger partial charge is 0.457 e. The van der Waals surface area contributed by atoms with E-state index >= 15 is 0 Å². The van der Waals surface area contributed by atoms with Crippen molar-refractivity contribution in [1.82, 2.24) is 14.9 Å². The molecular weight excluding hydrogens is 390 g/mol. The Balaban J connectivity index is 1.47. The Labute approximate surface area is 180 Å². The van der Waals surface area contributed by atoms with E-state index < -0.39 is 0 Å². The van der Waals surface area contributed by atoms with Gasteiger partial charge in [0.2, 0.25) is 12.2 Å².